The van der Waals surface area contributed by atoms with Crippen molar-refractivity contribution in [1.29, 1.82) is 0 Å². The third-order valence-corrected chi connectivity index (χ3v) is 5.79. The number of amides is 3. The fraction of sp³-hybridized carbons (Fsp3) is 0.400. The van der Waals surface area contributed by atoms with Gasteiger partial charge in [0.15, 0.2) is 0 Å². The van der Waals surface area contributed by atoms with Gasteiger partial charge in [-0.3, -0.25) is 14.4 Å². The summed E-state index contributed by atoms with van der Waals surface area (Å²) in [7, 11) is 0. The molecule has 6 nitrogen and oxygen atoms in total. The van der Waals surface area contributed by atoms with E-state index in [-0.39, 0.29) is 17.7 Å². The number of carbonyl (C=O) groups excluding carboxylic acids is 3. The number of nitrogens with zero attached hydrogens (tertiary/aromatic N) is 1. The van der Waals surface area contributed by atoms with Crippen molar-refractivity contribution < 1.29 is 18.8 Å². The van der Waals surface area contributed by atoms with Crippen molar-refractivity contribution in [2.75, 3.05) is 19.6 Å². The zero-order valence-corrected chi connectivity index (χ0v) is 18.4. The fourth-order valence-electron chi connectivity index (χ4n) is 3.95. The van der Waals surface area contributed by atoms with Gasteiger partial charge in [-0.25, -0.2) is 4.39 Å². The molecule has 1 atom stereocenters. The zero-order valence-electron chi connectivity index (χ0n) is 18.4. The summed E-state index contributed by atoms with van der Waals surface area (Å²) >= 11 is 0. The molecule has 32 heavy (non-hydrogen) atoms. The number of hydrogen-bond donors (Lipinski definition) is 2. The van der Waals surface area contributed by atoms with E-state index in [0.29, 0.717) is 44.5 Å². The van der Waals surface area contributed by atoms with Crippen LogP contribution in [0, 0.1) is 11.7 Å². The Labute approximate surface area is 188 Å². The molecular formula is C25H30FN3O3. The van der Waals surface area contributed by atoms with Gasteiger partial charge in [-0.2, -0.15) is 0 Å². The molecule has 1 saturated heterocycles. The molecule has 3 rings (SSSR count). The van der Waals surface area contributed by atoms with Crippen LogP contribution in [-0.4, -0.2) is 48.3 Å². The monoisotopic (exact) mass is 439 g/mol. The van der Waals surface area contributed by atoms with Gasteiger partial charge >= 0.3 is 0 Å². The van der Waals surface area contributed by atoms with Gasteiger partial charge in [0.05, 0.1) is 6.42 Å². The number of nitrogens with one attached hydrogen (secondary N) is 2. The van der Waals surface area contributed by atoms with Crippen LogP contribution in [0.25, 0.3) is 0 Å². The van der Waals surface area contributed by atoms with E-state index in [1.165, 1.54) is 24.3 Å². The van der Waals surface area contributed by atoms with Gasteiger partial charge in [0.1, 0.15) is 11.9 Å². The van der Waals surface area contributed by atoms with Crippen LogP contribution in [0.15, 0.2) is 54.6 Å². The Morgan fingerprint density at radius 1 is 1.03 bits per heavy atom. The van der Waals surface area contributed by atoms with E-state index in [1.54, 1.807) is 0 Å². The second-order valence-electron chi connectivity index (χ2n) is 8.13. The summed E-state index contributed by atoms with van der Waals surface area (Å²) in [6.07, 6.45) is 2.38. The van der Waals surface area contributed by atoms with Crippen LogP contribution in [0.4, 0.5) is 4.39 Å². The number of carbonyl (C=O) groups is 3. The topological polar surface area (TPSA) is 78.5 Å². The highest BCUT2D eigenvalue weighted by atomic mass is 19.1. The quantitative estimate of drug-likeness (QED) is 0.664. The highest BCUT2D eigenvalue weighted by Gasteiger charge is 2.33. The third-order valence-electron chi connectivity index (χ3n) is 5.79. The molecular weight excluding hydrogens is 409 g/mol. The molecule has 0 aliphatic carbocycles. The van der Waals surface area contributed by atoms with Gasteiger partial charge in [-0.1, -0.05) is 37.3 Å². The molecule has 3 amide bonds. The highest BCUT2D eigenvalue weighted by molar-refractivity contribution is 5.97. The molecule has 1 aliphatic rings. The lowest BCUT2D eigenvalue weighted by Crippen LogP contribution is -2.54. The summed E-state index contributed by atoms with van der Waals surface area (Å²) in [6, 6.07) is 14.2. The van der Waals surface area contributed by atoms with Crippen LogP contribution in [0.1, 0.15) is 42.1 Å². The SMILES string of the molecule is CCCNC(=O)[C@@H](NC(=O)c1ccc(F)cc1)C1CCN(C(=O)Cc2ccccc2)CC1. The van der Waals surface area contributed by atoms with Crippen molar-refractivity contribution >= 4 is 17.7 Å². The molecule has 1 fully saturated rings. The second-order valence-corrected chi connectivity index (χ2v) is 8.13. The molecule has 2 aromatic rings. The van der Waals surface area contributed by atoms with Gasteiger partial charge in [-0.05, 0) is 55.0 Å². The van der Waals surface area contributed by atoms with E-state index in [9.17, 15) is 18.8 Å². The molecule has 0 unspecified atom stereocenters. The molecule has 2 aromatic carbocycles. The normalized spacial score (nSPS) is 15.1. The second kappa shape index (κ2) is 11.4. The Morgan fingerprint density at radius 2 is 1.69 bits per heavy atom. The summed E-state index contributed by atoms with van der Waals surface area (Å²) in [5.41, 5.74) is 1.28. The lowest BCUT2D eigenvalue weighted by molar-refractivity contribution is -0.132. The van der Waals surface area contributed by atoms with Crippen LogP contribution in [0.2, 0.25) is 0 Å². The summed E-state index contributed by atoms with van der Waals surface area (Å²) in [6.45, 7) is 3.57. The first-order chi connectivity index (χ1) is 15.5. The van der Waals surface area contributed by atoms with Crippen LogP contribution >= 0.6 is 0 Å². The van der Waals surface area contributed by atoms with Gasteiger partial charge in [0.2, 0.25) is 11.8 Å². The molecule has 7 heteroatoms. The molecule has 1 aliphatic heterocycles. The molecule has 170 valence electrons. The Morgan fingerprint density at radius 3 is 2.31 bits per heavy atom. The summed E-state index contributed by atoms with van der Waals surface area (Å²) in [5.74, 6) is -1.08. The van der Waals surface area contributed by atoms with E-state index >= 15 is 0 Å². The molecule has 0 bridgehead atoms. The number of benzene rings is 2. The first-order valence-corrected chi connectivity index (χ1v) is 11.1. The Bertz CT molecular complexity index is 910. The fourth-order valence-corrected chi connectivity index (χ4v) is 3.95. The van der Waals surface area contributed by atoms with Gasteiger partial charge in [-0.15, -0.1) is 0 Å². The molecule has 2 N–H and O–H groups in total. The van der Waals surface area contributed by atoms with E-state index in [2.05, 4.69) is 10.6 Å². The number of rotatable bonds is 8. The van der Waals surface area contributed by atoms with Gasteiger partial charge in [0.25, 0.3) is 5.91 Å². The molecule has 0 aromatic heterocycles. The predicted molar refractivity (Wildman–Crippen MR) is 120 cm³/mol. The largest absolute Gasteiger partial charge is 0.354 e. The van der Waals surface area contributed by atoms with Crippen LogP contribution in [0.3, 0.4) is 0 Å². The number of likely N-dealkylation sites (tertiary alicyclic amines) is 1. The molecule has 1 heterocycles. The highest BCUT2D eigenvalue weighted by Crippen LogP contribution is 2.22. The maximum Gasteiger partial charge on any atom is 0.251 e. The minimum Gasteiger partial charge on any atom is -0.354 e. The van der Waals surface area contributed by atoms with Gasteiger partial charge in [0, 0.05) is 25.2 Å². The first-order valence-electron chi connectivity index (χ1n) is 11.1. The van der Waals surface area contributed by atoms with Crippen molar-refractivity contribution in [3.05, 3.63) is 71.5 Å². The number of halogens is 1. The average Bonchev–Trinajstić information content (AvgIpc) is 2.82. The smallest absolute Gasteiger partial charge is 0.251 e. The molecule has 0 spiro atoms. The Balaban J connectivity index is 1.62. The maximum atomic E-state index is 13.2. The summed E-state index contributed by atoms with van der Waals surface area (Å²) < 4.78 is 13.2. The maximum absolute atomic E-state index is 13.2. The Hall–Kier alpha value is -3.22. The zero-order chi connectivity index (χ0) is 22.9. The van der Waals surface area contributed by atoms with Crippen molar-refractivity contribution in [2.24, 2.45) is 5.92 Å². The van der Waals surface area contributed by atoms with E-state index in [0.717, 1.165) is 12.0 Å². The Kier molecular flexibility index (Phi) is 8.36. The van der Waals surface area contributed by atoms with Crippen LogP contribution < -0.4 is 10.6 Å². The van der Waals surface area contributed by atoms with Crippen molar-refractivity contribution in [3.63, 3.8) is 0 Å². The van der Waals surface area contributed by atoms with Crippen molar-refractivity contribution in [2.45, 2.75) is 38.6 Å². The minimum atomic E-state index is -0.703. The summed E-state index contributed by atoms with van der Waals surface area (Å²) in [5, 5.41) is 5.71. The molecule has 0 saturated carbocycles. The van der Waals surface area contributed by atoms with Crippen LogP contribution in [-0.2, 0) is 16.0 Å². The first kappa shape index (κ1) is 23.4. The van der Waals surface area contributed by atoms with E-state index in [4.69, 9.17) is 0 Å². The third kappa shape index (κ3) is 6.39. The van der Waals surface area contributed by atoms with Crippen molar-refractivity contribution in [1.82, 2.24) is 15.5 Å². The minimum absolute atomic E-state index is 0.0667. The average molecular weight is 440 g/mol. The summed E-state index contributed by atoms with van der Waals surface area (Å²) in [4.78, 5) is 40.0. The van der Waals surface area contributed by atoms with Gasteiger partial charge < -0.3 is 15.5 Å². The predicted octanol–water partition coefficient (Wildman–Crippen LogP) is 2.93. The molecule has 0 radical (unpaired) electrons. The standard InChI is InChI=1S/C25H30FN3O3/c1-2-14-27-25(32)23(28-24(31)20-8-10-21(26)11-9-20)19-12-15-29(16-13-19)22(30)17-18-6-4-3-5-7-18/h3-11,19,23H,2,12-17H2,1H3,(H,27,32)(H,28,31)/t23-/m0/s1. The van der Waals surface area contributed by atoms with E-state index < -0.39 is 17.8 Å². The lowest BCUT2D eigenvalue weighted by Gasteiger charge is -2.36. The number of piperidine rings is 1. The van der Waals surface area contributed by atoms with Crippen LogP contribution in [0.5, 0.6) is 0 Å². The van der Waals surface area contributed by atoms with E-state index in [1.807, 2.05) is 42.2 Å². The lowest BCUT2D eigenvalue weighted by atomic mass is 9.88. The number of hydrogen-bond acceptors (Lipinski definition) is 3. The van der Waals surface area contributed by atoms with Crippen molar-refractivity contribution in [3.8, 4) is 0 Å².